The molecule has 1 fully saturated rings. The lowest BCUT2D eigenvalue weighted by Crippen LogP contribution is -2.48. The summed E-state index contributed by atoms with van der Waals surface area (Å²) in [6, 6.07) is 10.1. The Hall–Kier alpha value is -4.34. The topological polar surface area (TPSA) is 122 Å². The molecule has 2 aromatic heterocycles. The zero-order valence-electron chi connectivity index (χ0n) is 24.7. The van der Waals surface area contributed by atoms with Crippen LogP contribution in [-0.4, -0.2) is 71.2 Å². The van der Waals surface area contributed by atoms with Crippen molar-refractivity contribution in [1.29, 1.82) is 0 Å². The van der Waals surface area contributed by atoms with Crippen LogP contribution in [0.1, 0.15) is 59.4 Å². The number of benzene rings is 1. The van der Waals surface area contributed by atoms with Gasteiger partial charge in [-0.25, -0.2) is 9.78 Å². The first kappa shape index (κ1) is 29.2. The van der Waals surface area contributed by atoms with Crippen LogP contribution in [0.4, 0.5) is 16.3 Å². The van der Waals surface area contributed by atoms with E-state index in [4.69, 9.17) is 4.98 Å². The Balaban J connectivity index is 1.41. The molecule has 0 aliphatic carbocycles. The number of H-pyrrole nitrogens is 1. The molecule has 2 amide bonds. The number of hydrogen-bond acceptors (Lipinski definition) is 6. The molecule has 0 unspecified atom stereocenters. The van der Waals surface area contributed by atoms with Gasteiger partial charge in [-0.3, -0.25) is 9.59 Å². The van der Waals surface area contributed by atoms with E-state index in [1.165, 1.54) is 4.90 Å². The van der Waals surface area contributed by atoms with Crippen molar-refractivity contribution in [3.63, 3.8) is 0 Å². The lowest BCUT2D eigenvalue weighted by atomic mass is 9.97. The maximum absolute atomic E-state index is 13.7. The number of aryl methyl sites for hydroxylation is 2. The number of amides is 2. The van der Waals surface area contributed by atoms with Gasteiger partial charge in [0.1, 0.15) is 5.82 Å². The molecule has 0 bridgehead atoms. The number of rotatable bonds is 9. The average molecular weight is 573 g/mol. The maximum Gasteiger partial charge on any atom is 0.407 e. The lowest BCUT2D eigenvalue weighted by Gasteiger charge is -2.33. The largest absolute Gasteiger partial charge is 0.465 e. The number of nitrogens with one attached hydrogen (secondary N) is 2. The number of aromatic amines is 1. The quantitative estimate of drug-likeness (QED) is 0.351. The highest BCUT2D eigenvalue weighted by atomic mass is 16.4. The second kappa shape index (κ2) is 12.7. The first-order valence-electron chi connectivity index (χ1n) is 14.9. The van der Waals surface area contributed by atoms with Gasteiger partial charge in [0, 0.05) is 80.1 Å². The number of aromatic nitrogens is 2. The number of carbonyl (C=O) groups is 2. The summed E-state index contributed by atoms with van der Waals surface area (Å²) >= 11 is 0. The van der Waals surface area contributed by atoms with Gasteiger partial charge in [-0.15, -0.1) is 0 Å². The fraction of sp³-hybridized carbons (Fsp3) is 0.438. The Morgan fingerprint density at radius 1 is 1.02 bits per heavy atom. The number of pyridine rings is 2. The van der Waals surface area contributed by atoms with E-state index in [1.807, 2.05) is 37.4 Å². The molecule has 5 rings (SSSR count). The highest BCUT2D eigenvalue weighted by Gasteiger charge is 2.26. The standard InChI is InChI=1S/C32H40N6O4/c1-4-6-22-16-21(3)35-31(40)27(22)20-34-30(39)26-17-24(18-28-25(26)9-11-36(28)10-5-2)23-7-8-29(33-19-23)37-12-14-38(15-13-37)32(41)42/h7-8,16-19H,4-6,9-15,20H2,1-3H3,(H,34,39)(H,35,40)(H,41,42). The van der Waals surface area contributed by atoms with E-state index in [9.17, 15) is 19.5 Å². The van der Waals surface area contributed by atoms with Crippen LogP contribution < -0.4 is 20.7 Å². The summed E-state index contributed by atoms with van der Waals surface area (Å²) in [5.74, 6) is 0.622. The van der Waals surface area contributed by atoms with Crippen molar-refractivity contribution in [2.24, 2.45) is 0 Å². The molecule has 1 saturated heterocycles. The van der Waals surface area contributed by atoms with Crippen molar-refractivity contribution >= 4 is 23.5 Å². The van der Waals surface area contributed by atoms with Crippen LogP contribution >= 0.6 is 0 Å². The fourth-order valence-electron chi connectivity index (χ4n) is 6.05. The van der Waals surface area contributed by atoms with Crippen molar-refractivity contribution in [3.8, 4) is 11.1 Å². The molecule has 0 saturated carbocycles. The van der Waals surface area contributed by atoms with Gasteiger partial charge in [0.2, 0.25) is 0 Å². The smallest absolute Gasteiger partial charge is 0.407 e. The Bertz CT molecular complexity index is 1510. The number of hydrogen-bond donors (Lipinski definition) is 3. The SMILES string of the molecule is CCCc1cc(C)[nH]c(=O)c1CNC(=O)c1cc(-c2ccc(N3CCN(C(=O)O)CC3)nc2)cc2c1CCN2CCC. The number of carboxylic acid groups (broad SMARTS) is 1. The van der Waals surface area contributed by atoms with Gasteiger partial charge in [-0.05, 0) is 73.2 Å². The Kier molecular flexibility index (Phi) is 8.80. The van der Waals surface area contributed by atoms with E-state index >= 15 is 0 Å². The van der Waals surface area contributed by atoms with Crippen LogP contribution in [0.25, 0.3) is 11.1 Å². The first-order chi connectivity index (χ1) is 20.3. The zero-order chi connectivity index (χ0) is 29.8. The maximum atomic E-state index is 13.7. The normalized spacial score (nSPS) is 14.7. The molecule has 1 aromatic carbocycles. The summed E-state index contributed by atoms with van der Waals surface area (Å²) < 4.78 is 0. The molecule has 3 aromatic rings. The Morgan fingerprint density at radius 2 is 1.81 bits per heavy atom. The van der Waals surface area contributed by atoms with Crippen LogP contribution in [0.15, 0.2) is 41.3 Å². The summed E-state index contributed by atoms with van der Waals surface area (Å²) in [7, 11) is 0. The molecule has 222 valence electrons. The van der Waals surface area contributed by atoms with Gasteiger partial charge in [-0.2, -0.15) is 0 Å². The van der Waals surface area contributed by atoms with Gasteiger partial charge >= 0.3 is 6.09 Å². The zero-order valence-corrected chi connectivity index (χ0v) is 24.7. The van der Waals surface area contributed by atoms with E-state index < -0.39 is 6.09 Å². The van der Waals surface area contributed by atoms with Gasteiger partial charge < -0.3 is 30.1 Å². The predicted octanol–water partition coefficient (Wildman–Crippen LogP) is 4.20. The first-order valence-corrected chi connectivity index (χ1v) is 14.9. The summed E-state index contributed by atoms with van der Waals surface area (Å²) in [5.41, 5.74) is 6.83. The van der Waals surface area contributed by atoms with E-state index in [-0.39, 0.29) is 18.0 Å². The summed E-state index contributed by atoms with van der Waals surface area (Å²) in [6.45, 7) is 10.1. The average Bonchev–Trinajstić information content (AvgIpc) is 3.39. The van der Waals surface area contributed by atoms with E-state index in [0.29, 0.717) is 37.3 Å². The summed E-state index contributed by atoms with van der Waals surface area (Å²) in [6.07, 6.45) is 4.43. The minimum atomic E-state index is -0.890. The van der Waals surface area contributed by atoms with Gasteiger partial charge in [0.15, 0.2) is 0 Å². The minimum Gasteiger partial charge on any atom is -0.465 e. The highest BCUT2D eigenvalue weighted by Crippen LogP contribution is 2.36. The third-order valence-corrected chi connectivity index (χ3v) is 8.20. The predicted molar refractivity (Wildman–Crippen MR) is 165 cm³/mol. The third kappa shape index (κ3) is 6.12. The van der Waals surface area contributed by atoms with Crippen molar-refractivity contribution in [3.05, 3.63) is 74.8 Å². The van der Waals surface area contributed by atoms with Crippen LogP contribution in [-0.2, 0) is 19.4 Å². The summed E-state index contributed by atoms with van der Waals surface area (Å²) in [5, 5.41) is 12.3. The molecule has 3 N–H and O–H groups in total. The Labute approximate surface area is 246 Å². The van der Waals surface area contributed by atoms with E-state index in [0.717, 1.165) is 78.2 Å². The molecule has 4 heterocycles. The van der Waals surface area contributed by atoms with Crippen molar-refractivity contribution in [2.45, 2.75) is 53.0 Å². The molecule has 10 nitrogen and oxygen atoms in total. The van der Waals surface area contributed by atoms with Gasteiger partial charge in [0.25, 0.3) is 11.5 Å². The molecule has 0 spiro atoms. The molecule has 0 radical (unpaired) electrons. The van der Waals surface area contributed by atoms with Crippen LogP contribution in [0, 0.1) is 6.92 Å². The number of nitrogens with zero attached hydrogens (tertiary/aromatic N) is 4. The van der Waals surface area contributed by atoms with Gasteiger partial charge in [-0.1, -0.05) is 20.3 Å². The van der Waals surface area contributed by atoms with Crippen LogP contribution in [0.2, 0.25) is 0 Å². The molecule has 42 heavy (non-hydrogen) atoms. The minimum absolute atomic E-state index is 0.151. The van der Waals surface area contributed by atoms with Crippen LogP contribution in [0.5, 0.6) is 0 Å². The molecule has 2 aliphatic rings. The van der Waals surface area contributed by atoms with Crippen molar-refractivity contribution < 1.29 is 14.7 Å². The third-order valence-electron chi connectivity index (χ3n) is 8.20. The summed E-state index contributed by atoms with van der Waals surface area (Å²) in [4.78, 5) is 51.1. The van der Waals surface area contributed by atoms with Crippen molar-refractivity contribution in [1.82, 2.24) is 20.2 Å². The molecule has 2 aliphatic heterocycles. The second-order valence-electron chi connectivity index (χ2n) is 11.1. The number of fused-ring (bicyclic) bond motifs is 1. The lowest BCUT2D eigenvalue weighted by molar-refractivity contribution is 0.0950. The number of piperazine rings is 1. The van der Waals surface area contributed by atoms with E-state index in [2.05, 4.69) is 40.0 Å². The number of anilines is 2. The Morgan fingerprint density at radius 3 is 2.48 bits per heavy atom. The van der Waals surface area contributed by atoms with Crippen molar-refractivity contribution in [2.75, 3.05) is 49.1 Å². The van der Waals surface area contributed by atoms with E-state index in [1.54, 1.807) is 0 Å². The fourth-order valence-corrected chi connectivity index (χ4v) is 6.05. The second-order valence-corrected chi connectivity index (χ2v) is 11.1. The molecular formula is C32H40N6O4. The highest BCUT2D eigenvalue weighted by molar-refractivity contribution is 5.99. The molecular weight excluding hydrogens is 532 g/mol. The molecule has 0 atom stereocenters. The monoisotopic (exact) mass is 572 g/mol. The van der Waals surface area contributed by atoms with Gasteiger partial charge in [0.05, 0.1) is 0 Å². The molecule has 10 heteroatoms. The number of carbonyl (C=O) groups excluding carboxylic acids is 1. The van der Waals surface area contributed by atoms with Crippen LogP contribution in [0.3, 0.4) is 0 Å².